The van der Waals surface area contributed by atoms with Crippen molar-refractivity contribution < 1.29 is 28.6 Å². The Morgan fingerprint density at radius 2 is 0.470 bits per heavy atom. The van der Waals surface area contributed by atoms with Gasteiger partial charge >= 0.3 is 17.9 Å². The number of rotatable bonds is 69. The molecule has 0 aliphatic rings. The Labute approximate surface area is 518 Å². The smallest absolute Gasteiger partial charge is 0.306 e. The van der Waals surface area contributed by atoms with E-state index in [-0.39, 0.29) is 31.1 Å². The molecule has 1 unspecified atom stereocenters. The van der Waals surface area contributed by atoms with Crippen LogP contribution in [0.3, 0.4) is 0 Å². The van der Waals surface area contributed by atoms with E-state index in [1.807, 2.05) is 0 Å². The van der Waals surface area contributed by atoms with E-state index in [0.29, 0.717) is 19.3 Å². The van der Waals surface area contributed by atoms with Gasteiger partial charge in [0.1, 0.15) is 13.2 Å². The number of ether oxygens (including phenoxy) is 3. The molecule has 486 valence electrons. The van der Waals surface area contributed by atoms with E-state index in [9.17, 15) is 14.4 Å². The fraction of sp³-hybridized carbons (Fsp3) is 0.857. The van der Waals surface area contributed by atoms with Gasteiger partial charge in [0.25, 0.3) is 0 Å². The minimum absolute atomic E-state index is 0.0719. The zero-order chi connectivity index (χ0) is 59.9. The number of allylic oxidation sites excluding steroid dienone is 8. The second-order valence-electron chi connectivity index (χ2n) is 25.2. The zero-order valence-corrected chi connectivity index (χ0v) is 56.0. The molecule has 0 aromatic rings. The molecular formula is C77H142O6. The Bertz CT molecular complexity index is 1430. The number of unbranched alkanes of at least 4 members (excludes halogenated alkanes) is 50. The fourth-order valence-corrected chi connectivity index (χ4v) is 11.3. The van der Waals surface area contributed by atoms with Crippen LogP contribution in [0.15, 0.2) is 48.6 Å². The van der Waals surface area contributed by atoms with Gasteiger partial charge in [-0.3, -0.25) is 14.4 Å². The van der Waals surface area contributed by atoms with Gasteiger partial charge in [0.05, 0.1) is 0 Å². The summed E-state index contributed by atoms with van der Waals surface area (Å²) in [5, 5.41) is 0. The summed E-state index contributed by atoms with van der Waals surface area (Å²) in [6.07, 6.45) is 91.5. The lowest BCUT2D eigenvalue weighted by atomic mass is 10.0. The van der Waals surface area contributed by atoms with E-state index in [2.05, 4.69) is 69.4 Å². The van der Waals surface area contributed by atoms with Crippen molar-refractivity contribution in [2.45, 2.75) is 412 Å². The van der Waals surface area contributed by atoms with E-state index in [1.54, 1.807) is 0 Å². The second-order valence-corrected chi connectivity index (χ2v) is 25.2. The maximum atomic E-state index is 13.0. The van der Waals surface area contributed by atoms with Gasteiger partial charge in [-0.05, 0) is 57.8 Å². The average Bonchev–Trinajstić information content (AvgIpc) is 3.49. The van der Waals surface area contributed by atoms with Crippen molar-refractivity contribution in [1.29, 1.82) is 0 Å². The number of esters is 3. The van der Waals surface area contributed by atoms with Gasteiger partial charge < -0.3 is 14.2 Å². The summed E-state index contributed by atoms with van der Waals surface area (Å²) in [7, 11) is 0. The molecule has 0 heterocycles. The van der Waals surface area contributed by atoms with Gasteiger partial charge in [0.15, 0.2) is 6.10 Å². The van der Waals surface area contributed by atoms with Crippen molar-refractivity contribution in [3.05, 3.63) is 48.6 Å². The van der Waals surface area contributed by atoms with Gasteiger partial charge in [-0.15, -0.1) is 0 Å². The van der Waals surface area contributed by atoms with Crippen molar-refractivity contribution in [3.63, 3.8) is 0 Å². The van der Waals surface area contributed by atoms with Crippen LogP contribution in [0.4, 0.5) is 0 Å². The van der Waals surface area contributed by atoms with Crippen LogP contribution in [0.5, 0.6) is 0 Å². The van der Waals surface area contributed by atoms with Crippen LogP contribution >= 0.6 is 0 Å². The van der Waals surface area contributed by atoms with Crippen LogP contribution in [0.1, 0.15) is 406 Å². The third-order valence-electron chi connectivity index (χ3n) is 16.8. The van der Waals surface area contributed by atoms with Crippen molar-refractivity contribution in [2.24, 2.45) is 0 Å². The predicted molar refractivity (Wildman–Crippen MR) is 362 cm³/mol. The molecule has 0 amide bonds. The molecule has 6 heteroatoms. The summed E-state index contributed by atoms with van der Waals surface area (Å²) in [6, 6.07) is 0. The summed E-state index contributed by atoms with van der Waals surface area (Å²) in [5.74, 6) is -0.854. The molecule has 0 aromatic carbocycles. The summed E-state index contributed by atoms with van der Waals surface area (Å²) in [4.78, 5) is 38.5. The Balaban J connectivity index is 4.30. The molecule has 0 saturated heterocycles. The van der Waals surface area contributed by atoms with Crippen LogP contribution < -0.4 is 0 Å². The van der Waals surface area contributed by atoms with Crippen molar-refractivity contribution in [1.82, 2.24) is 0 Å². The molecule has 1 atom stereocenters. The van der Waals surface area contributed by atoms with Crippen LogP contribution in [0.25, 0.3) is 0 Å². The molecule has 6 nitrogen and oxygen atoms in total. The Kier molecular flexibility index (Phi) is 69.6. The molecule has 0 saturated carbocycles. The Morgan fingerprint density at radius 3 is 0.735 bits per heavy atom. The van der Waals surface area contributed by atoms with Crippen LogP contribution in [0.2, 0.25) is 0 Å². The molecule has 83 heavy (non-hydrogen) atoms. The minimum atomic E-state index is -0.778. The molecular weight excluding hydrogens is 1020 g/mol. The number of hydrogen-bond acceptors (Lipinski definition) is 6. The summed E-state index contributed by atoms with van der Waals surface area (Å²) in [6.45, 7) is 6.60. The van der Waals surface area contributed by atoms with E-state index in [0.717, 1.165) is 89.9 Å². The van der Waals surface area contributed by atoms with Crippen LogP contribution in [-0.2, 0) is 28.6 Å². The highest BCUT2D eigenvalue weighted by Gasteiger charge is 2.20. The molecule has 0 radical (unpaired) electrons. The highest BCUT2D eigenvalue weighted by Crippen LogP contribution is 2.19. The first-order valence-corrected chi connectivity index (χ1v) is 37.1. The van der Waals surface area contributed by atoms with Gasteiger partial charge in [-0.2, -0.15) is 0 Å². The highest BCUT2D eigenvalue weighted by molar-refractivity contribution is 5.71. The van der Waals surface area contributed by atoms with Crippen molar-refractivity contribution >= 4 is 17.9 Å². The summed E-state index contributed by atoms with van der Waals surface area (Å²) >= 11 is 0. The Morgan fingerprint density at radius 1 is 0.253 bits per heavy atom. The Hall–Kier alpha value is -2.63. The fourth-order valence-electron chi connectivity index (χ4n) is 11.3. The summed E-state index contributed by atoms with van der Waals surface area (Å²) < 4.78 is 17.0. The van der Waals surface area contributed by atoms with Gasteiger partial charge in [-0.25, -0.2) is 0 Å². The monoisotopic (exact) mass is 1160 g/mol. The lowest BCUT2D eigenvalue weighted by molar-refractivity contribution is -0.167. The molecule has 0 bridgehead atoms. The van der Waals surface area contributed by atoms with Crippen LogP contribution in [0, 0.1) is 0 Å². The third-order valence-corrected chi connectivity index (χ3v) is 16.8. The first-order valence-electron chi connectivity index (χ1n) is 37.1. The number of hydrogen-bond donors (Lipinski definition) is 0. The highest BCUT2D eigenvalue weighted by atomic mass is 16.6. The van der Waals surface area contributed by atoms with Gasteiger partial charge in [-0.1, -0.05) is 378 Å². The zero-order valence-electron chi connectivity index (χ0n) is 56.0. The van der Waals surface area contributed by atoms with Crippen molar-refractivity contribution in [3.8, 4) is 0 Å². The molecule has 0 rings (SSSR count). The predicted octanol–water partition coefficient (Wildman–Crippen LogP) is 25.7. The maximum Gasteiger partial charge on any atom is 0.306 e. The first kappa shape index (κ1) is 80.4. The normalized spacial score (nSPS) is 12.3. The summed E-state index contributed by atoms with van der Waals surface area (Å²) in [5.41, 5.74) is 0. The largest absolute Gasteiger partial charge is 0.462 e. The van der Waals surface area contributed by atoms with Crippen LogP contribution in [-0.4, -0.2) is 37.2 Å². The average molecular weight is 1160 g/mol. The molecule has 0 aliphatic heterocycles. The van der Waals surface area contributed by atoms with E-state index in [4.69, 9.17) is 14.2 Å². The van der Waals surface area contributed by atoms with E-state index in [1.165, 1.54) is 276 Å². The lowest BCUT2D eigenvalue weighted by Crippen LogP contribution is -2.30. The maximum absolute atomic E-state index is 13.0. The molecule has 0 aromatic heterocycles. The van der Waals surface area contributed by atoms with Crippen molar-refractivity contribution in [2.75, 3.05) is 13.2 Å². The van der Waals surface area contributed by atoms with Gasteiger partial charge in [0, 0.05) is 19.3 Å². The first-order chi connectivity index (χ1) is 41.0. The molecule has 0 aliphatic carbocycles. The molecule has 0 fully saturated rings. The third kappa shape index (κ3) is 70.0. The van der Waals surface area contributed by atoms with E-state index < -0.39 is 6.10 Å². The standard InChI is InChI=1S/C77H142O6/c1-4-7-10-13-16-19-22-25-28-31-34-36-37-38-39-41-43-46-49-52-55-58-61-64-67-70-76(79)82-73-74(72-81-75(78)69-66-63-60-57-54-51-48-45-42-33-30-27-24-21-18-15-12-9-6-3)83-77(80)71-68-65-62-59-56-53-50-47-44-40-35-32-29-26-23-20-17-14-11-8-5-2/h9,12,18,21,27,30,42,45,74H,4-8,10-11,13-17,19-20,22-26,28-29,31-41,43-44,46-73H2,1-3H3/b12-9-,21-18-,30-27-,45-42-. The van der Waals surface area contributed by atoms with Gasteiger partial charge in [0.2, 0.25) is 0 Å². The number of carbonyl (C=O) groups excluding carboxylic acids is 3. The molecule has 0 spiro atoms. The quantitative estimate of drug-likeness (QED) is 0.0261. The van der Waals surface area contributed by atoms with E-state index >= 15 is 0 Å². The lowest BCUT2D eigenvalue weighted by Gasteiger charge is -2.18. The minimum Gasteiger partial charge on any atom is -0.462 e. The SMILES string of the molecule is CC/C=C\C/C=C\C/C=C\C/C=C\CCCCCCCCC(=O)OCC(COC(=O)CCCCCCCCCCCCCCCCCCCCCCCCCCC)OC(=O)CCCCCCCCCCCCCCCCCCCCCCC. The number of carbonyl (C=O) groups is 3. The second kappa shape index (κ2) is 71.8. The topological polar surface area (TPSA) is 78.9 Å². The molecule has 0 N–H and O–H groups in total.